The SMILES string of the molecule is CC(CCBr)CCN1CC(C(C)(C)C)CC1=O. The number of alkyl halides is 1. The van der Waals surface area contributed by atoms with Gasteiger partial charge >= 0.3 is 0 Å². The molecule has 100 valence electrons. The van der Waals surface area contributed by atoms with Crippen molar-refractivity contribution in [2.45, 2.75) is 47.0 Å². The predicted molar refractivity (Wildman–Crippen MR) is 76.3 cm³/mol. The van der Waals surface area contributed by atoms with Crippen molar-refractivity contribution >= 4 is 21.8 Å². The lowest BCUT2D eigenvalue weighted by Crippen LogP contribution is -2.29. The second-order valence-corrected chi connectivity index (χ2v) is 7.27. The Bertz CT molecular complexity index is 259. The molecular weight excluding hydrogens is 278 g/mol. The summed E-state index contributed by atoms with van der Waals surface area (Å²) >= 11 is 3.47. The second-order valence-electron chi connectivity index (χ2n) is 6.48. The Labute approximate surface area is 114 Å². The average molecular weight is 304 g/mol. The highest BCUT2D eigenvalue weighted by molar-refractivity contribution is 9.09. The third-order valence-corrected chi connectivity index (χ3v) is 4.39. The first-order chi connectivity index (χ1) is 7.84. The highest BCUT2D eigenvalue weighted by Gasteiger charge is 2.36. The summed E-state index contributed by atoms with van der Waals surface area (Å²) in [6.45, 7) is 10.9. The molecular formula is C14H26BrNO. The lowest BCUT2D eigenvalue weighted by atomic mass is 9.80. The molecule has 0 N–H and O–H groups in total. The number of hydrogen-bond donors (Lipinski definition) is 0. The molecule has 0 radical (unpaired) electrons. The maximum absolute atomic E-state index is 11.9. The molecule has 0 bridgehead atoms. The first-order valence-electron chi connectivity index (χ1n) is 6.68. The van der Waals surface area contributed by atoms with E-state index in [1.807, 2.05) is 0 Å². The van der Waals surface area contributed by atoms with Gasteiger partial charge in [0, 0.05) is 24.8 Å². The number of rotatable bonds is 5. The molecule has 2 unspecified atom stereocenters. The van der Waals surface area contributed by atoms with Crippen LogP contribution in [-0.4, -0.2) is 29.2 Å². The highest BCUT2D eigenvalue weighted by atomic mass is 79.9. The van der Waals surface area contributed by atoms with Crippen LogP contribution in [0.2, 0.25) is 0 Å². The molecule has 0 aliphatic carbocycles. The zero-order chi connectivity index (χ0) is 13.1. The Hall–Kier alpha value is -0.0500. The summed E-state index contributed by atoms with van der Waals surface area (Å²) in [5, 5.41) is 1.06. The van der Waals surface area contributed by atoms with Crippen molar-refractivity contribution < 1.29 is 4.79 Å². The van der Waals surface area contributed by atoms with Crippen LogP contribution in [0, 0.1) is 17.3 Å². The molecule has 3 heteroatoms. The number of hydrogen-bond acceptors (Lipinski definition) is 1. The topological polar surface area (TPSA) is 20.3 Å². The predicted octanol–water partition coefficient (Wildman–Crippen LogP) is 3.69. The molecule has 0 aromatic carbocycles. The molecule has 1 aliphatic rings. The number of amides is 1. The summed E-state index contributed by atoms with van der Waals surface area (Å²) in [6, 6.07) is 0. The summed E-state index contributed by atoms with van der Waals surface area (Å²) in [7, 11) is 0. The Morgan fingerprint density at radius 2 is 2.06 bits per heavy atom. The fourth-order valence-corrected chi connectivity index (χ4v) is 3.06. The molecule has 17 heavy (non-hydrogen) atoms. The number of carbonyl (C=O) groups excluding carboxylic acids is 1. The van der Waals surface area contributed by atoms with Crippen molar-refractivity contribution in [1.82, 2.24) is 4.90 Å². The maximum atomic E-state index is 11.9. The van der Waals surface area contributed by atoms with E-state index in [-0.39, 0.29) is 5.41 Å². The van der Waals surface area contributed by atoms with Crippen LogP contribution in [0.3, 0.4) is 0 Å². The molecule has 1 saturated heterocycles. The van der Waals surface area contributed by atoms with Crippen LogP contribution >= 0.6 is 15.9 Å². The van der Waals surface area contributed by atoms with Crippen molar-refractivity contribution in [2.75, 3.05) is 18.4 Å². The van der Waals surface area contributed by atoms with E-state index in [4.69, 9.17) is 0 Å². The molecule has 1 rings (SSSR count). The standard InChI is InChI=1S/C14H26BrNO/c1-11(5-7-15)6-8-16-10-12(9-13(16)17)14(2,3)4/h11-12H,5-10H2,1-4H3. The molecule has 1 aliphatic heterocycles. The normalized spacial score (nSPS) is 23.2. The summed E-state index contributed by atoms with van der Waals surface area (Å²) in [6.07, 6.45) is 3.08. The monoisotopic (exact) mass is 303 g/mol. The van der Waals surface area contributed by atoms with E-state index in [0.717, 1.165) is 31.3 Å². The number of halogens is 1. The van der Waals surface area contributed by atoms with E-state index >= 15 is 0 Å². The first kappa shape index (κ1) is 15.0. The molecule has 1 heterocycles. The first-order valence-corrected chi connectivity index (χ1v) is 7.80. The summed E-state index contributed by atoms with van der Waals surface area (Å²) in [5.41, 5.74) is 0.256. The van der Waals surface area contributed by atoms with Crippen molar-refractivity contribution in [3.8, 4) is 0 Å². The fraction of sp³-hybridized carbons (Fsp3) is 0.929. The van der Waals surface area contributed by atoms with Crippen molar-refractivity contribution in [3.63, 3.8) is 0 Å². The van der Waals surface area contributed by atoms with Crippen molar-refractivity contribution in [1.29, 1.82) is 0 Å². The van der Waals surface area contributed by atoms with Crippen LogP contribution in [0.15, 0.2) is 0 Å². The van der Waals surface area contributed by atoms with Gasteiger partial charge in [-0.15, -0.1) is 0 Å². The third-order valence-electron chi connectivity index (χ3n) is 3.93. The van der Waals surface area contributed by atoms with Gasteiger partial charge in [-0.05, 0) is 30.1 Å². The van der Waals surface area contributed by atoms with E-state index in [0.29, 0.717) is 17.7 Å². The largest absolute Gasteiger partial charge is 0.342 e. The second kappa shape index (κ2) is 6.21. The lowest BCUT2D eigenvalue weighted by molar-refractivity contribution is -0.127. The van der Waals surface area contributed by atoms with E-state index in [1.165, 1.54) is 6.42 Å². The van der Waals surface area contributed by atoms with Gasteiger partial charge in [0.15, 0.2) is 0 Å². The molecule has 1 amide bonds. The minimum atomic E-state index is 0.256. The van der Waals surface area contributed by atoms with Gasteiger partial charge in [0.25, 0.3) is 0 Å². The van der Waals surface area contributed by atoms with Gasteiger partial charge in [0.05, 0.1) is 0 Å². The fourth-order valence-electron chi connectivity index (χ4n) is 2.28. The summed E-state index contributed by atoms with van der Waals surface area (Å²) in [4.78, 5) is 14.0. The van der Waals surface area contributed by atoms with Gasteiger partial charge in [-0.2, -0.15) is 0 Å². The smallest absolute Gasteiger partial charge is 0.222 e. The van der Waals surface area contributed by atoms with E-state index in [9.17, 15) is 4.79 Å². The van der Waals surface area contributed by atoms with Gasteiger partial charge in [0.1, 0.15) is 0 Å². The van der Waals surface area contributed by atoms with Crippen LogP contribution < -0.4 is 0 Å². The quantitative estimate of drug-likeness (QED) is 0.709. The van der Waals surface area contributed by atoms with Crippen LogP contribution in [0.5, 0.6) is 0 Å². The van der Waals surface area contributed by atoms with E-state index < -0.39 is 0 Å². The Morgan fingerprint density at radius 3 is 2.53 bits per heavy atom. The Balaban J connectivity index is 2.38. The lowest BCUT2D eigenvalue weighted by Gasteiger charge is -2.26. The average Bonchev–Trinajstić information content (AvgIpc) is 2.57. The summed E-state index contributed by atoms with van der Waals surface area (Å²) in [5.74, 6) is 1.59. The molecule has 1 fully saturated rings. The molecule has 0 aromatic heterocycles. The number of likely N-dealkylation sites (tertiary alicyclic amines) is 1. The highest BCUT2D eigenvalue weighted by Crippen LogP contribution is 2.34. The zero-order valence-electron chi connectivity index (χ0n) is 11.6. The number of carbonyl (C=O) groups is 1. The molecule has 0 saturated carbocycles. The van der Waals surface area contributed by atoms with E-state index in [1.54, 1.807) is 0 Å². The van der Waals surface area contributed by atoms with Gasteiger partial charge < -0.3 is 4.90 Å². The van der Waals surface area contributed by atoms with Gasteiger partial charge in [-0.3, -0.25) is 4.79 Å². The van der Waals surface area contributed by atoms with Crippen LogP contribution in [0.25, 0.3) is 0 Å². The van der Waals surface area contributed by atoms with Crippen LogP contribution in [0.1, 0.15) is 47.0 Å². The Kier molecular flexibility index (Phi) is 5.49. The Morgan fingerprint density at radius 1 is 1.41 bits per heavy atom. The minimum absolute atomic E-state index is 0.256. The molecule has 2 atom stereocenters. The third kappa shape index (κ3) is 4.61. The number of nitrogens with zero attached hydrogens (tertiary/aromatic N) is 1. The minimum Gasteiger partial charge on any atom is -0.342 e. The zero-order valence-corrected chi connectivity index (χ0v) is 13.2. The maximum Gasteiger partial charge on any atom is 0.222 e. The molecule has 0 aromatic rings. The van der Waals surface area contributed by atoms with Gasteiger partial charge in [-0.1, -0.05) is 43.6 Å². The summed E-state index contributed by atoms with van der Waals surface area (Å²) < 4.78 is 0. The van der Waals surface area contributed by atoms with Crippen LogP contribution in [-0.2, 0) is 4.79 Å². The van der Waals surface area contributed by atoms with Crippen molar-refractivity contribution in [3.05, 3.63) is 0 Å². The van der Waals surface area contributed by atoms with E-state index in [2.05, 4.69) is 48.5 Å². The molecule has 0 spiro atoms. The van der Waals surface area contributed by atoms with Crippen molar-refractivity contribution in [2.24, 2.45) is 17.3 Å². The van der Waals surface area contributed by atoms with Gasteiger partial charge in [-0.25, -0.2) is 0 Å². The van der Waals surface area contributed by atoms with Gasteiger partial charge in [0.2, 0.25) is 5.91 Å². The van der Waals surface area contributed by atoms with Crippen LogP contribution in [0.4, 0.5) is 0 Å². The molecule has 2 nitrogen and oxygen atoms in total.